The molecule has 0 fully saturated rings. The van der Waals surface area contributed by atoms with Crippen LogP contribution in [0.2, 0.25) is 0 Å². The summed E-state index contributed by atoms with van der Waals surface area (Å²) >= 11 is 1.91. The molecule has 0 saturated heterocycles. The van der Waals surface area contributed by atoms with Gasteiger partial charge in [-0.3, -0.25) is 0 Å². The number of hydrogen-bond acceptors (Lipinski definition) is 4. The molecule has 4 heteroatoms. The normalized spacial score (nSPS) is 14.0. The lowest BCUT2D eigenvalue weighted by Crippen LogP contribution is -2.30. The van der Waals surface area contributed by atoms with Crippen LogP contribution in [0, 0.1) is 0 Å². The molecular weight excluding hydrogens is 833 g/mol. The van der Waals surface area contributed by atoms with Crippen molar-refractivity contribution in [2.24, 2.45) is 0 Å². The Balaban J connectivity index is 0.941. The Morgan fingerprint density at radius 3 is 1.28 bits per heavy atom. The van der Waals surface area contributed by atoms with Gasteiger partial charge in [0.2, 0.25) is 0 Å². The number of para-hydroxylation sites is 5. The number of nitrogens with zero attached hydrogens (tertiary/aromatic N) is 2. The maximum atomic E-state index is 6.39. The summed E-state index contributed by atoms with van der Waals surface area (Å²) in [5.74, 6) is 1.70. The van der Waals surface area contributed by atoms with Gasteiger partial charge in [0.15, 0.2) is 11.5 Å². The average Bonchev–Trinajstić information content (AvgIpc) is 3.73. The number of hydrogen-bond donors (Lipinski definition) is 0. The highest BCUT2D eigenvalue weighted by molar-refractivity contribution is 7.26. The van der Waals surface area contributed by atoms with E-state index in [1.165, 1.54) is 107 Å². The molecule has 0 saturated carbocycles. The Morgan fingerprint density at radius 1 is 0.313 bits per heavy atom. The van der Waals surface area contributed by atoms with Crippen molar-refractivity contribution >= 4 is 130 Å². The van der Waals surface area contributed by atoms with Gasteiger partial charge in [-0.1, -0.05) is 141 Å². The Kier molecular flexibility index (Phi) is 7.44. The standard InChI is InChI=1S/C63H40N2OS/c1-63(2)53-21-9-10-22-55(53)64(58-36-62-52(34-54(58)63)51-33-49-41-17-5-3-15-39(41)40-16-4-6-18-42(40)50(49)35-61(51)67-62)37-27-29-45-46-30-28-38(32-48(46)44-20-8-7-19-43(44)47(45)31-37)65-56-23-11-13-25-59(56)66-60-26-14-12-24-57(60)65/h3-36H,1-2H3. The predicted molar refractivity (Wildman–Crippen MR) is 286 cm³/mol. The quantitative estimate of drug-likeness (QED) is 0.161. The largest absolute Gasteiger partial charge is 0.453 e. The fourth-order valence-corrected chi connectivity index (χ4v) is 13.0. The van der Waals surface area contributed by atoms with Gasteiger partial charge in [-0.2, -0.15) is 0 Å². The molecule has 15 rings (SSSR count). The minimum atomic E-state index is -0.233. The Hall–Kier alpha value is -8.18. The zero-order chi connectivity index (χ0) is 44.1. The Labute approximate surface area is 390 Å². The van der Waals surface area contributed by atoms with Crippen molar-refractivity contribution in [2.75, 3.05) is 9.80 Å². The molecule has 0 amide bonds. The van der Waals surface area contributed by atoms with Crippen LogP contribution in [0.15, 0.2) is 206 Å². The van der Waals surface area contributed by atoms with Gasteiger partial charge < -0.3 is 14.5 Å². The van der Waals surface area contributed by atoms with Gasteiger partial charge in [-0.25, -0.2) is 0 Å². The van der Waals surface area contributed by atoms with Crippen molar-refractivity contribution in [1.29, 1.82) is 0 Å². The van der Waals surface area contributed by atoms with Crippen molar-refractivity contribution < 1.29 is 4.74 Å². The minimum absolute atomic E-state index is 0.233. The molecule has 0 atom stereocenters. The molecule has 0 spiro atoms. The Morgan fingerprint density at radius 2 is 0.716 bits per heavy atom. The van der Waals surface area contributed by atoms with E-state index in [-0.39, 0.29) is 5.41 Å². The summed E-state index contributed by atoms with van der Waals surface area (Å²) in [4.78, 5) is 4.87. The molecule has 3 heterocycles. The fourth-order valence-electron chi connectivity index (χ4n) is 11.8. The van der Waals surface area contributed by atoms with Crippen molar-refractivity contribution in [3.05, 3.63) is 217 Å². The van der Waals surface area contributed by atoms with Crippen molar-refractivity contribution in [3.8, 4) is 11.5 Å². The third-order valence-electron chi connectivity index (χ3n) is 14.9. The first-order valence-corrected chi connectivity index (χ1v) is 24.0. The van der Waals surface area contributed by atoms with Gasteiger partial charge in [0.25, 0.3) is 0 Å². The lowest BCUT2D eigenvalue weighted by molar-refractivity contribution is 0.477. The van der Waals surface area contributed by atoms with E-state index in [4.69, 9.17) is 4.74 Å². The minimum Gasteiger partial charge on any atom is -0.453 e. The molecule has 0 radical (unpaired) electrons. The molecule has 0 N–H and O–H groups in total. The first-order valence-electron chi connectivity index (χ1n) is 23.2. The van der Waals surface area contributed by atoms with Gasteiger partial charge in [0.05, 0.1) is 22.7 Å². The van der Waals surface area contributed by atoms with Gasteiger partial charge in [0, 0.05) is 37.0 Å². The van der Waals surface area contributed by atoms with Gasteiger partial charge in [-0.05, 0) is 155 Å². The van der Waals surface area contributed by atoms with E-state index in [2.05, 4.69) is 218 Å². The first-order chi connectivity index (χ1) is 33.0. The third-order valence-corrected chi connectivity index (χ3v) is 16.1. The van der Waals surface area contributed by atoms with Crippen LogP contribution in [-0.2, 0) is 5.41 Å². The second-order valence-corrected chi connectivity index (χ2v) is 19.9. The van der Waals surface area contributed by atoms with Crippen molar-refractivity contribution in [2.45, 2.75) is 19.3 Å². The molecule has 1 aromatic heterocycles. The van der Waals surface area contributed by atoms with Crippen molar-refractivity contribution in [3.63, 3.8) is 0 Å². The molecule has 13 aromatic rings. The number of anilines is 6. The van der Waals surface area contributed by atoms with Crippen LogP contribution in [0.4, 0.5) is 34.1 Å². The number of ether oxygens (including phenoxy) is 1. The van der Waals surface area contributed by atoms with Gasteiger partial charge in [0.1, 0.15) is 0 Å². The zero-order valence-corrected chi connectivity index (χ0v) is 37.7. The van der Waals surface area contributed by atoms with Crippen LogP contribution < -0.4 is 14.5 Å². The summed E-state index contributed by atoms with van der Waals surface area (Å²) in [6.45, 7) is 4.81. The molecule has 2 aliphatic heterocycles. The van der Waals surface area contributed by atoms with E-state index >= 15 is 0 Å². The molecule has 0 aliphatic carbocycles. The predicted octanol–water partition coefficient (Wildman–Crippen LogP) is 18.7. The summed E-state index contributed by atoms with van der Waals surface area (Å²) < 4.78 is 9.01. The zero-order valence-electron chi connectivity index (χ0n) is 36.8. The van der Waals surface area contributed by atoms with Gasteiger partial charge >= 0.3 is 0 Å². The van der Waals surface area contributed by atoms with Crippen LogP contribution in [0.25, 0.3) is 84.8 Å². The summed E-state index contributed by atoms with van der Waals surface area (Å²) in [7, 11) is 0. The van der Waals surface area contributed by atoms with Crippen LogP contribution in [0.1, 0.15) is 25.0 Å². The number of thiophene rings is 1. The number of rotatable bonds is 2. The van der Waals surface area contributed by atoms with Crippen LogP contribution in [0.5, 0.6) is 11.5 Å². The highest BCUT2D eigenvalue weighted by Gasteiger charge is 2.38. The number of benzene rings is 12. The first kappa shape index (κ1) is 37.1. The monoisotopic (exact) mass is 872 g/mol. The SMILES string of the molecule is CC1(C)c2ccccc2N(c2ccc3c4ccc(N5c6ccccc6Oc6ccccc65)cc4c4ccccc4c3c2)c2cc3sc4cc5c6ccccc6c6ccccc6c5cc4c3cc21. The molecule has 3 nitrogen and oxygen atoms in total. The molecule has 2 aliphatic rings. The van der Waals surface area contributed by atoms with E-state index in [1.54, 1.807) is 0 Å². The molecule has 0 unspecified atom stereocenters. The van der Waals surface area contributed by atoms with Gasteiger partial charge in [-0.15, -0.1) is 11.3 Å². The molecule has 314 valence electrons. The second-order valence-electron chi connectivity index (χ2n) is 18.8. The van der Waals surface area contributed by atoms with E-state index in [1.807, 2.05) is 23.5 Å². The molecule has 12 aromatic carbocycles. The molecule has 0 bridgehead atoms. The van der Waals surface area contributed by atoms with E-state index in [0.29, 0.717) is 0 Å². The van der Waals surface area contributed by atoms with Crippen molar-refractivity contribution in [1.82, 2.24) is 0 Å². The lowest BCUT2D eigenvalue weighted by Gasteiger charge is -2.42. The van der Waals surface area contributed by atoms with E-state index in [9.17, 15) is 0 Å². The highest BCUT2D eigenvalue weighted by atomic mass is 32.1. The smallest absolute Gasteiger partial charge is 0.151 e. The summed E-state index contributed by atoms with van der Waals surface area (Å²) in [6.07, 6.45) is 0. The average molecular weight is 873 g/mol. The third kappa shape index (κ3) is 5.11. The van der Waals surface area contributed by atoms with E-state index < -0.39 is 0 Å². The highest BCUT2D eigenvalue weighted by Crippen LogP contribution is 2.56. The Bertz CT molecular complexity index is 4250. The molecular formula is C63H40N2OS. The number of fused-ring (bicyclic) bond motifs is 19. The maximum absolute atomic E-state index is 6.39. The van der Waals surface area contributed by atoms with Crippen LogP contribution in [0.3, 0.4) is 0 Å². The van der Waals surface area contributed by atoms with Crippen LogP contribution >= 0.6 is 11.3 Å². The summed E-state index contributed by atoms with van der Waals surface area (Å²) in [5.41, 5.74) is 9.22. The molecule has 67 heavy (non-hydrogen) atoms. The topological polar surface area (TPSA) is 15.7 Å². The lowest BCUT2D eigenvalue weighted by atomic mass is 9.73. The summed E-state index contributed by atoms with van der Waals surface area (Å²) in [5, 5.41) is 17.9. The van der Waals surface area contributed by atoms with E-state index in [0.717, 1.165) is 34.2 Å². The maximum Gasteiger partial charge on any atom is 0.151 e. The second kappa shape index (κ2) is 13.4. The fraction of sp³-hybridized carbons (Fsp3) is 0.0476. The van der Waals surface area contributed by atoms with Crippen LogP contribution in [-0.4, -0.2) is 0 Å². The summed E-state index contributed by atoms with van der Waals surface area (Å²) in [6, 6.07) is 76.5.